The van der Waals surface area contributed by atoms with Crippen LogP contribution in [0.5, 0.6) is 0 Å². The van der Waals surface area contributed by atoms with E-state index in [1.165, 1.54) is 12.0 Å². The van der Waals surface area contributed by atoms with Gasteiger partial charge in [-0.25, -0.2) is 0 Å². The Morgan fingerprint density at radius 1 is 1.35 bits per heavy atom. The number of hydrogen-bond donors (Lipinski definition) is 1. The van der Waals surface area contributed by atoms with Crippen LogP contribution >= 0.6 is 0 Å². The Balaban J connectivity index is 2.07. The number of piperazine rings is 1. The maximum absolute atomic E-state index is 12.6. The van der Waals surface area contributed by atoms with E-state index in [0.717, 1.165) is 19.3 Å². The van der Waals surface area contributed by atoms with Gasteiger partial charge in [-0.05, 0) is 38.0 Å². The van der Waals surface area contributed by atoms with Crippen LogP contribution in [0.1, 0.15) is 53.4 Å². The minimum absolute atomic E-state index is 0.0371. The van der Waals surface area contributed by atoms with Gasteiger partial charge in [-0.3, -0.25) is 9.59 Å². The first kappa shape index (κ1) is 15.1. The van der Waals surface area contributed by atoms with Crippen LogP contribution in [0.15, 0.2) is 11.6 Å². The Hall–Kier alpha value is -1.32. The lowest BCUT2D eigenvalue weighted by atomic mass is 9.84. The zero-order valence-electron chi connectivity index (χ0n) is 13.0. The molecule has 0 aromatic heterocycles. The van der Waals surface area contributed by atoms with Crippen LogP contribution in [0.3, 0.4) is 0 Å². The molecule has 1 N–H and O–H groups in total. The van der Waals surface area contributed by atoms with Crippen molar-refractivity contribution in [3.8, 4) is 0 Å². The topological polar surface area (TPSA) is 49.4 Å². The lowest BCUT2D eigenvalue weighted by molar-refractivity contribution is -0.151. The quantitative estimate of drug-likeness (QED) is 0.805. The Labute approximate surface area is 121 Å². The Bertz CT molecular complexity index is 434. The van der Waals surface area contributed by atoms with Crippen LogP contribution in [-0.4, -0.2) is 35.3 Å². The Morgan fingerprint density at radius 2 is 2.05 bits per heavy atom. The van der Waals surface area contributed by atoms with Crippen LogP contribution in [0.4, 0.5) is 0 Å². The summed E-state index contributed by atoms with van der Waals surface area (Å²) in [5.74, 6) is 0.0214. The molecule has 0 spiro atoms. The molecule has 2 unspecified atom stereocenters. The summed E-state index contributed by atoms with van der Waals surface area (Å²) in [5.41, 5.74) is 1.18. The second-order valence-corrected chi connectivity index (χ2v) is 7.02. The normalized spacial score (nSPS) is 27.6. The lowest BCUT2D eigenvalue weighted by Crippen LogP contribution is -2.65. The van der Waals surface area contributed by atoms with E-state index in [1.807, 2.05) is 27.7 Å². The molecule has 0 aromatic carbocycles. The van der Waals surface area contributed by atoms with E-state index in [9.17, 15) is 9.59 Å². The molecule has 0 aromatic rings. The first-order valence-electron chi connectivity index (χ1n) is 7.59. The second kappa shape index (κ2) is 5.58. The number of rotatable bonds is 3. The zero-order valence-corrected chi connectivity index (χ0v) is 13.0. The zero-order chi connectivity index (χ0) is 14.9. The van der Waals surface area contributed by atoms with Gasteiger partial charge >= 0.3 is 0 Å². The van der Waals surface area contributed by atoms with Gasteiger partial charge in [0.2, 0.25) is 11.8 Å². The summed E-state index contributed by atoms with van der Waals surface area (Å²) in [6.07, 6.45) is 6.71. The van der Waals surface area contributed by atoms with Crippen molar-refractivity contribution in [1.29, 1.82) is 0 Å². The molecule has 0 radical (unpaired) electrons. The summed E-state index contributed by atoms with van der Waals surface area (Å²) >= 11 is 0. The van der Waals surface area contributed by atoms with Crippen molar-refractivity contribution in [3.05, 3.63) is 11.6 Å². The average molecular weight is 278 g/mol. The van der Waals surface area contributed by atoms with Gasteiger partial charge in [0.15, 0.2) is 0 Å². The standard InChI is InChI=1S/C16H26N2O2/c1-11-14(19)17-13(16(2,3)4)15(20)18(11)10-9-12-7-5-6-8-12/h7,11,13H,5-6,8-10H2,1-4H3,(H,17,19). The van der Waals surface area contributed by atoms with Crippen molar-refractivity contribution in [1.82, 2.24) is 10.2 Å². The van der Waals surface area contributed by atoms with E-state index in [2.05, 4.69) is 11.4 Å². The monoisotopic (exact) mass is 278 g/mol. The molecule has 1 aliphatic carbocycles. The van der Waals surface area contributed by atoms with Gasteiger partial charge in [-0.1, -0.05) is 32.4 Å². The molecule has 2 amide bonds. The lowest BCUT2D eigenvalue weighted by Gasteiger charge is -2.42. The van der Waals surface area contributed by atoms with Gasteiger partial charge < -0.3 is 10.2 Å². The molecule has 4 heteroatoms. The molecule has 0 bridgehead atoms. The van der Waals surface area contributed by atoms with Crippen molar-refractivity contribution >= 4 is 11.8 Å². The first-order valence-corrected chi connectivity index (χ1v) is 7.59. The number of allylic oxidation sites excluding steroid dienone is 1. The van der Waals surface area contributed by atoms with Crippen LogP contribution in [0.25, 0.3) is 0 Å². The van der Waals surface area contributed by atoms with Gasteiger partial charge in [-0.15, -0.1) is 0 Å². The second-order valence-electron chi connectivity index (χ2n) is 7.02. The first-order chi connectivity index (χ1) is 9.30. The van der Waals surface area contributed by atoms with E-state index in [0.29, 0.717) is 6.54 Å². The van der Waals surface area contributed by atoms with Crippen LogP contribution in [0.2, 0.25) is 0 Å². The molecule has 1 heterocycles. The number of carbonyl (C=O) groups is 2. The largest absolute Gasteiger partial charge is 0.342 e. The predicted octanol–water partition coefficient (Wildman–Crippen LogP) is 2.25. The summed E-state index contributed by atoms with van der Waals surface area (Å²) in [5, 5.41) is 2.87. The Kier molecular flexibility index (Phi) is 4.21. The third-order valence-electron chi connectivity index (χ3n) is 4.34. The molecule has 1 saturated heterocycles. The molecule has 1 aliphatic heterocycles. The van der Waals surface area contributed by atoms with Crippen LogP contribution < -0.4 is 5.32 Å². The predicted molar refractivity (Wildman–Crippen MR) is 79.1 cm³/mol. The van der Waals surface area contributed by atoms with Gasteiger partial charge in [0.05, 0.1) is 0 Å². The third-order valence-corrected chi connectivity index (χ3v) is 4.34. The number of nitrogens with one attached hydrogen (secondary N) is 1. The van der Waals surface area contributed by atoms with Gasteiger partial charge in [0.25, 0.3) is 0 Å². The number of hydrogen-bond acceptors (Lipinski definition) is 2. The molecule has 0 saturated carbocycles. The summed E-state index contributed by atoms with van der Waals surface area (Å²) < 4.78 is 0. The summed E-state index contributed by atoms with van der Waals surface area (Å²) in [6, 6.07) is -0.771. The molecule has 2 atom stereocenters. The number of amides is 2. The van der Waals surface area contributed by atoms with Crippen molar-refractivity contribution < 1.29 is 9.59 Å². The summed E-state index contributed by atoms with van der Waals surface area (Å²) in [6.45, 7) is 8.44. The minimum Gasteiger partial charge on any atom is -0.342 e. The van der Waals surface area contributed by atoms with E-state index < -0.39 is 6.04 Å². The van der Waals surface area contributed by atoms with E-state index in [4.69, 9.17) is 0 Å². The number of nitrogens with zero attached hydrogens (tertiary/aromatic N) is 1. The van der Waals surface area contributed by atoms with E-state index >= 15 is 0 Å². The maximum Gasteiger partial charge on any atom is 0.246 e. The van der Waals surface area contributed by atoms with Crippen molar-refractivity contribution in [3.63, 3.8) is 0 Å². The third kappa shape index (κ3) is 3.05. The van der Waals surface area contributed by atoms with Gasteiger partial charge in [0.1, 0.15) is 12.1 Å². The highest BCUT2D eigenvalue weighted by Crippen LogP contribution is 2.26. The SMILES string of the molecule is CC1C(=O)NC(C(C)(C)C)C(=O)N1CCC1=CCCC1. The van der Waals surface area contributed by atoms with Crippen molar-refractivity contribution in [2.24, 2.45) is 5.41 Å². The van der Waals surface area contributed by atoms with Gasteiger partial charge in [-0.2, -0.15) is 0 Å². The highest BCUT2D eigenvalue weighted by Gasteiger charge is 2.43. The highest BCUT2D eigenvalue weighted by atomic mass is 16.2. The molecular weight excluding hydrogens is 252 g/mol. The molecule has 112 valence electrons. The maximum atomic E-state index is 12.6. The summed E-state index contributed by atoms with van der Waals surface area (Å²) in [4.78, 5) is 26.5. The highest BCUT2D eigenvalue weighted by molar-refractivity contribution is 5.97. The van der Waals surface area contributed by atoms with Crippen molar-refractivity contribution in [2.45, 2.75) is 65.5 Å². The number of carbonyl (C=O) groups excluding carboxylic acids is 2. The smallest absolute Gasteiger partial charge is 0.246 e. The van der Waals surface area contributed by atoms with E-state index in [1.54, 1.807) is 4.90 Å². The summed E-state index contributed by atoms with van der Waals surface area (Å²) in [7, 11) is 0. The molecule has 2 rings (SSSR count). The molecule has 1 fully saturated rings. The fourth-order valence-corrected chi connectivity index (χ4v) is 2.94. The fourth-order valence-electron chi connectivity index (χ4n) is 2.94. The van der Waals surface area contributed by atoms with Gasteiger partial charge in [0, 0.05) is 6.54 Å². The minimum atomic E-state index is -0.413. The Morgan fingerprint density at radius 3 is 2.60 bits per heavy atom. The molecular formula is C16H26N2O2. The average Bonchev–Trinajstić information content (AvgIpc) is 2.85. The molecule has 20 heavy (non-hydrogen) atoms. The fraction of sp³-hybridized carbons (Fsp3) is 0.750. The van der Waals surface area contributed by atoms with Crippen molar-refractivity contribution in [2.75, 3.05) is 6.54 Å². The van der Waals surface area contributed by atoms with E-state index in [-0.39, 0.29) is 23.3 Å². The molecule has 4 nitrogen and oxygen atoms in total. The molecule has 2 aliphatic rings. The van der Waals surface area contributed by atoms with Crippen LogP contribution in [-0.2, 0) is 9.59 Å². The van der Waals surface area contributed by atoms with Crippen LogP contribution in [0, 0.1) is 5.41 Å².